The van der Waals surface area contributed by atoms with Crippen LogP contribution in [0.15, 0.2) is 32.9 Å². The molecule has 23 heavy (non-hydrogen) atoms. The number of piperidine rings is 1. The largest absolute Gasteiger partial charge is 0.464 e. The van der Waals surface area contributed by atoms with E-state index >= 15 is 0 Å². The lowest BCUT2D eigenvalue weighted by Gasteiger charge is -2.29. The molecule has 1 aromatic rings. The van der Waals surface area contributed by atoms with Crippen molar-refractivity contribution in [2.45, 2.75) is 29.7 Å². The Balaban J connectivity index is 2.43. The maximum atomic E-state index is 13.1. The summed E-state index contributed by atoms with van der Waals surface area (Å²) in [5.74, 6) is 0. The van der Waals surface area contributed by atoms with Crippen molar-refractivity contribution < 1.29 is 22.3 Å². The number of nitrogens with zero attached hydrogens (tertiary/aromatic N) is 3. The van der Waals surface area contributed by atoms with Gasteiger partial charge in [-0.2, -0.15) is 13.2 Å². The first kappa shape index (κ1) is 18.0. The first-order valence-corrected chi connectivity index (χ1v) is 8.98. The van der Waals surface area contributed by atoms with Gasteiger partial charge in [0, 0.05) is 25.2 Å². The van der Waals surface area contributed by atoms with Gasteiger partial charge in [-0.15, -0.1) is 3.77 Å². The van der Waals surface area contributed by atoms with E-state index in [2.05, 4.69) is 3.77 Å². The summed E-state index contributed by atoms with van der Waals surface area (Å²) in [6.07, 6.45) is 2.35. The van der Waals surface area contributed by atoms with Gasteiger partial charge in [-0.05, 0) is 25.0 Å². The van der Waals surface area contributed by atoms with Crippen molar-refractivity contribution in [1.82, 2.24) is 4.31 Å². The van der Waals surface area contributed by atoms with E-state index in [0.717, 1.165) is 31.4 Å². The molecule has 0 spiro atoms. The topological polar surface area (TPSA) is 75.8 Å². The smallest absolute Gasteiger partial charge is 0.258 e. The average Bonchev–Trinajstić information content (AvgIpc) is 2.53. The Labute approximate surface area is 135 Å². The Bertz CT molecular complexity index is 679. The van der Waals surface area contributed by atoms with Crippen LogP contribution < -0.4 is 0 Å². The molecule has 1 unspecified atom stereocenters. The average molecular weight is 369 g/mol. The van der Waals surface area contributed by atoms with Gasteiger partial charge in [-0.25, -0.2) is 8.51 Å². The van der Waals surface area contributed by atoms with Crippen molar-refractivity contribution in [2.24, 2.45) is 3.77 Å². The third kappa shape index (κ3) is 4.58. The first-order valence-electron chi connectivity index (χ1n) is 6.73. The molecule has 1 atom stereocenters. The van der Waals surface area contributed by atoms with Crippen LogP contribution >= 0.6 is 11.9 Å². The van der Waals surface area contributed by atoms with Gasteiger partial charge in [0.2, 0.25) is 0 Å². The van der Waals surface area contributed by atoms with Gasteiger partial charge in [0.1, 0.15) is 0 Å². The Morgan fingerprint density at radius 1 is 1.17 bits per heavy atom. The number of benzene rings is 1. The molecule has 0 aromatic heterocycles. The number of nitro groups is 1. The molecular weight excluding hydrogens is 355 g/mol. The predicted molar refractivity (Wildman–Crippen MR) is 81.0 cm³/mol. The number of alkyl halides is 3. The lowest BCUT2D eigenvalue weighted by molar-refractivity contribution is -0.384. The zero-order valence-corrected chi connectivity index (χ0v) is 13.5. The highest BCUT2D eigenvalue weighted by atomic mass is 32.3. The highest BCUT2D eigenvalue weighted by molar-refractivity contribution is 8.07. The van der Waals surface area contributed by atoms with Crippen LogP contribution in [0.5, 0.6) is 0 Å². The van der Waals surface area contributed by atoms with Gasteiger partial charge in [0.25, 0.3) is 5.69 Å². The van der Waals surface area contributed by atoms with Crippen LogP contribution in [-0.2, 0) is 9.92 Å². The molecule has 1 aromatic carbocycles. The van der Waals surface area contributed by atoms with E-state index in [9.17, 15) is 27.5 Å². The van der Waals surface area contributed by atoms with E-state index in [0.29, 0.717) is 13.1 Å². The van der Waals surface area contributed by atoms with Crippen molar-refractivity contribution >= 4 is 27.6 Å². The van der Waals surface area contributed by atoms with Crippen LogP contribution in [0, 0.1) is 10.1 Å². The molecule has 128 valence electrons. The third-order valence-electron chi connectivity index (χ3n) is 3.26. The fourth-order valence-electron chi connectivity index (χ4n) is 2.19. The fraction of sp³-hybridized carbons (Fsp3) is 0.500. The number of hydrogen-bond donors (Lipinski definition) is 0. The Morgan fingerprint density at radius 2 is 1.74 bits per heavy atom. The minimum Gasteiger partial charge on any atom is -0.258 e. The molecule has 0 aliphatic carbocycles. The van der Waals surface area contributed by atoms with E-state index in [1.165, 1.54) is 16.4 Å². The SMILES string of the molecule is O=[N+]([O-])c1ccc(S(=O)(=NSC(F)(F)F)N2CCCCC2)cc1. The summed E-state index contributed by atoms with van der Waals surface area (Å²) in [6.45, 7) is 0.746. The molecule has 1 saturated heterocycles. The Hall–Kier alpha value is -1.33. The summed E-state index contributed by atoms with van der Waals surface area (Å²) >= 11 is -0.686. The number of halogens is 3. The molecule has 6 nitrogen and oxygen atoms in total. The summed E-state index contributed by atoms with van der Waals surface area (Å²) in [5, 5.41) is 10.7. The zero-order valence-electron chi connectivity index (χ0n) is 11.9. The van der Waals surface area contributed by atoms with Crippen molar-refractivity contribution in [3.05, 3.63) is 34.4 Å². The molecule has 1 aliphatic rings. The predicted octanol–water partition coefficient (Wildman–Crippen LogP) is 3.99. The molecular formula is C12H14F3N3O3S2. The second-order valence-electron chi connectivity index (χ2n) is 4.85. The summed E-state index contributed by atoms with van der Waals surface area (Å²) < 4.78 is 55.4. The van der Waals surface area contributed by atoms with Crippen LogP contribution in [0.3, 0.4) is 0 Å². The summed E-state index contributed by atoms with van der Waals surface area (Å²) in [5.41, 5.74) is -4.86. The fourth-order valence-corrected chi connectivity index (χ4v) is 5.19. The van der Waals surface area contributed by atoms with Gasteiger partial charge < -0.3 is 0 Å². The van der Waals surface area contributed by atoms with Gasteiger partial charge in [-0.1, -0.05) is 6.42 Å². The second kappa shape index (κ2) is 7.05. The lowest BCUT2D eigenvalue weighted by atomic mass is 10.2. The molecule has 0 N–H and O–H groups in total. The van der Waals surface area contributed by atoms with Crippen LogP contribution in [0.25, 0.3) is 0 Å². The Kier molecular flexibility index (Phi) is 5.53. The summed E-state index contributed by atoms with van der Waals surface area (Å²) in [4.78, 5) is 10.1. The second-order valence-corrected chi connectivity index (χ2v) is 8.07. The van der Waals surface area contributed by atoms with Gasteiger partial charge in [-0.3, -0.25) is 10.1 Å². The van der Waals surface area contributed by atoms with Gasteiger partial charge in [0.05, 0.1) is 21.8 Å². The standard InChI is InChI=1S/C12H14F3N3O3S2/c13-12(14,15)22-16-23(21,17-8-2-1-3-9-17)11-6-4-10(5-7-11)18(19)20/h4-7H,1-3,8-9H2. The quantitative estimate of drug-likeness (QED) is 0.457. The highest BCUT2D eigenvalue weighted by Crippen LogP contribution is 2.35. The molecule has 11 heteroatoms. The van der Waals surface area contributed by atoms with E-state index in [1.54, 1.807) is 0 Å². The molecule has 1 heterocycles. The van der Waals surface area contributed by atoms with Crippen LogP contribution in [0.1, 0.15) is 19.3 Å². The maximum absolute atomic E-state index is 13.1. The third-order valence-corrected chi connectivity index (χ3v) is 6.53. The molecule has 0 bridgehead atoms. The number of nitro benzene ring substituents is 1. The minimum absolute atomic E-state index is 0.0433. The van der Waals surface area contributed by atoms with Crippen LogP contribution in [-0.4, -0.2) is 32.0 Å². The van der Waals surface area contributed by atoms with Crippen molar-refractivity contribution in [3.63, 3.8) is 0 Å². The molecule has 2 rings (SSSR count). The molecule has 1 aliphatic heterocycles. The number of hydrogen-bond acceptors (Lipinski definition) is 5. The van der Waals surface area contributed by atoms with E-state index in [-0.39, 0.29) is 10.6 Å². The minimum atomic E-state index is -4.64. The highest BCUT2D eigenvalue weighted by Gasteiger charge is 2.33. The van der Waals surface area contributed by atoms with Crippen molar-refractivity contribution in [2.75, 3.05) is 13.1 Å². The van der Waals surface area contributed by atoms with E-state index in [4.69, 9.17) is 0 Å². The monoisotopic (exact) mass is 369 g/mol. The van der Waals surface area contributed by atoms with Crippen LogP contribution in [0.2, 0.25) is 0 Å². The summed E-state index contributed by atoms with van der Waals surface area (Å²) in [6, 6.07) is 4.64. The lowest BCUT2D eigenvalue weighted by Crippen LogP contribution is -2.35. The van der Waals surface area contributed by atoms with Crippen LogP contribution in [0.4, 0.5) is 18.9 Å². The molecule has 0 radical (unpaired) electrons. The molecule has 0 saturated carbocycles. The maximum Gasteiger partial charge on any atom is 0.464 e. The molecule has 1 fully saturated rings. The molecule has 0 amide bonds. The van der Waals surface area contributed by atoms with Gasteiger partial charge >= 0.3 is 5.51 Å². The number of rotatable bonds is 4. The number of non-ortho nitro benzene ring substituents is 1. The Morgan fingerprint density at radius 3 is 2.22 bits per heavy atom. The van der Waals surface area contributed by atoms with Gasteiger partial charge in [0.15, 0.2) is 9.92 Å². The zero-order chi connectivity index (χ0) is 17.1. The first-order chi connectivity index (χ1) is 10.7. The van der Waals surface area contributed by atoms with E-state index < -0.39 is 32.3 Å². The van der Waals surface area contributed by atoms with E-state index in [1.807, 2.05) is 0 Å². The van der Waals surface area contributed by atoms with Crippen molar-refractivity contribution in [1.29, 1.82) is 0 Å². The summed E-state index contributed by atoms with van der Waals surface area (Å²) in [7, 11) is -3.47. The van der Waals surface area contributed by atoms with Crippen molar-refractivity contribution in [3.8, 4) is 0 Å². The normalized spacial score (nSPS) is 19.1.